The quantitative estimate of drug-likeness (QED) is 0.748. The molecule has 25 heavy (non-hydrogen) atoms. The number of fused-ring (bicyclic) bond motifs is 5. The Morgan fingerprint density at radius 3 is 2.44 bits per heavy atom. The van der Waals surface area contributed by atoms with Gasteiger partial charge in [0.25, 0.3) is 0 Å². The lowest BCUT2D eigenvalue weighted by Crippen LogP contribution is -2.54. The number of hydrogen-bond acceptors (Lipinski definition) is 4. The van der Waals surface area contributed by atoms with Crippen molar-refractivity contribution in [2.24, 2.45) is 34.5 Å². The Morgan fingerprint density at radius 1 is 1.00 bits per heavy atom. The van der Waals surface area contributed by atoms with Crippen LogP contribution in [0.4, 0.5) is 0 Å². The number of hydrogen-bond donors (Lipinski definition) is 1. The van der Waals surface area contributed by atoms with Crippen molar-refractivity contribution in [1.82, 2.24) is 0 Å². The van der Waals surface area contributed by atoms with Gasteiger partial charge < -0.3 is 0 Å². The Balaban J connectivity index is 1.59. The standard InChI is InChI=1S/C19H30O5S/c1-18-9-7-13(20)11-12(18)3-4-14-15-5-6-17(24-25(21,22)23)19(15,2)10-8-16(14)18/h12,14-17H,3-11H2,1-2H3,(H,21,22,23)/t12-,14-,15-,16-,17-,18-,19-/m0/s1. The topological polar surface area (TPSA) is 80.7 Å². The van der Waals surface area contributed by atoms with Crippen LogP contribution in [0, 0.1) is 34.5 Å². The Hall–Kier alpha value is -0.460. The Morgan fingerprint density at radius 2 is 1.72 bits per heavy atom. The largest absolute Gasteiger partial charge is 0.397 e. The Labute approximate surface area is 150 Å². The Kier molecular flexibility index (Phi) is 4.14. The summed E-state index contributed by atoms with van der Waals surface area (Å²) in [5, 5.41) is 0. The SMILES string of the molecule is C[C@]12CCC(=O)C[C@@H]1CC[C@@H]1[C@@H]2CC[C@]2(C)[C@@H](OS(=O)(=O)O)CC[C@@H]12. The number of rotatable bonds is 2. The van der Waals surface area contributed by atoms with Gasteiger partial charge in [-0.25, -0.2) is 4.18 Å². The van der Waals surface area contributed by atoms with Gasteiger partial charge in [-0.1, -0.05) is 13.8 Å². The highest BCUT2D eigenvalue weighted by Crippen LogP contribution is 2.66. The van der Waals surface area contributed by atoms with Crippen molar-refractivity contribution in [1.29, 1.82) is 0 Å². The van der Waals surface area contributed by atoms with E-state index in [1.165, 1.54) is 0 Å². The molecule has 4 fully saturated rings. The van der Waals surface area contributed by atoms with Gasteiger partial charge in [-0.2, -0.15) is 8.42 Å². The normalized spacial score (nSPS) is 50.0. The maximum absolute atomic E-state index is 11.9. The van der Waals surface area contributed by atoms with Crippen LogP contribution in [0.2, 0.25) is 0 Å². The molecule has 4 rings (SSSR count). The number of carbonyl (C=O) groups excluding carboxylic acids is 1. The molecule has 4 saturated carbocycles. The molecule has 1 N–H and O–H groups in total. The molecule has 142 valence electrons. The average Bonchev–Trinajstić information content (AvgIpc) is 2.83. The molecular weight excluding hydrogens is 340 g/mol. The predicted octanol–water partition coefficient (Wildman–Crippen LogP) is 3.79. The van der Waals surface area contributed by atoms with Gasteiger partial charge in [0.05, 0.1) is 6.10 Å². The lowest BCUT2D eigenvalue weighted by molar-refractivity contribution is -0.141. The number of Topliss-reactive ketones (excluding diaryl/α,β-unsaturated/α-hetero) is 1. The van der Waals surface area contributed by atoms with E-state index in [1.807, 2.05) is 0 Å². The van der Waals surface area contributed by atoms with Gasteiger partial charge in [0.1, 0.15) is 5.78 Å². The molecule has 0 amide bonds. The molecule has 7 atom stereocenters. The second kappa shape index (κ2) is 5.77. The van der Waals surface area contributed by atoms with Gasteiger partial charge in [-0.05, 0) is 79.4 Å². The highest BCUT2D eigenvalue weighted by molar-refractivity contribution is 7.80. The van der Waals surface area contributed by atoms with E-state index < -0.39 is 16.5 Å². The molecular formula is C19H30O5S. The van der Waals surface area contributed by atoms with E-state index in [0.29, 0.717) is 35.9 Å². The molecule has 0 aromatic heterocycles. The zero-order chi connectivity index (χ0) is 18.0. The van der Waals surface area contributed by atoms with Gasteiger partial charge in [0.2, 0.25) is 0 Å². The molecule has 0 spiro atoms. The fraction of sp³-hybridized carbons (Fsp3) is 0.947. The summed E-state index contributed by atoms with van der Waals surface area (Å²) in [6, 6.07) is 0. The van der Waals surface area contributed by atoms with Crippen LogP contribution in [-0.2, 0) is 19.4 Å². The maximum atomic E-state index is 11.9. The van der Waals surface area contributed by atoms with Crippen molar-refractivity contribution in [2.75, 3.05) is 0 Å². The predicted molar refractivity (Wildman–Crippen MR) is 93.2 cm³/mol. The van der Waals surface area contributed by atoms with Crippen molar-refractivity contribution in [3.63, 3.8) is 0 Å². The van der Waals surface area contributed by atoms with Crippen LogP contribution in [0.1, 0.15) is 71.6 Å². The molecule has 0 aliphatic heterocycles. The molecule has 0 heterocycles. The highest BCUT2D eigenvalue weighted by Gasteiger charge is 2.61. The smallest absolute Gasteiger partial charge is 0.300 e. The summed E-state index contributed by atoms with van der Waals surface area (Å²) in [5.41, 5.74) is 0.102. The van der Waals surface area contributed by atoms with E-state index in [-0.39, 0.29) is 10.8 Å². The first-order valence-electron chi connectivity index (χ1n) is 9.81. The maximum Gasteiger partial charge on any atom is 0.397 e. The van der Waals surface area contributed by atoms with E-state index in [4.69, 9.17) is 8.74 Å². The van der Waals surface area contributed by atoms with Gasteiger partial charge in [0.15, 0.2) is 0 Å². The zero-order valence-electron chi connectivity index (χ0n) is 15.2. The highest BCUT2D eigenvalue weighted by atomic mass is 32.3. The van der Waals surface area contributed by atoms with E-state index in [2.05, 4.69) is 13.8 Å². The first kappa shape index (κ1) is 17.9. The van der Waals surface area contributed by atoms with Gasteiger partial charge in [-0.15, -0.1) is 0 Å². The third-order valence-electron chi connectivity index (χ3n) is 8.63. The van der Waals surface area contributed by atoms with Crippen molar-refractivity contribution in [2.45, 2.75) is 77.7 Å². The van der Waals surface area contributed by atoms with Crippen LogP contribution in [0.3, 0.4) is 0 Å². The molecule has 0 unspecified atom stereocenters. The van der Waals surface area contributed by atoms with Crippen molar-refractivity contribution >= 4 is 16.2 Å². The van der Waals surface area contributed by atoms with E-state index in [0.717, 1.165) is 51.4 Å². The molecule has 0 aromatic carbocycles. The first-order valence-corrected chi connectivity index (χ1v) is 11.2. The minimum Gasteiger partial charge on any atom is -0.300 e. The second-order valence-electron chi connectivity index (χ2n) is 9.53. The Bertz CT molecular complexity index is 673. The fourth-order valence-corrected chi connectivity index (χ4v) is 7.91. The van der Waals surface area contributed by atoms with E-state index >= 15 is 0 Å². The molecule has 5 nitrogen and oxygen atoms in total. The monoisotopic (exact) mass is 370 g/mol. The summed E-state index contributed by atoms with van der Waals surface area (Å²) in [7, 11) is -4.40. The van der Waals surface area contributed by atoms with E-state index in [1.54, 1.807) is 0 Å². The second-order valence-corrected chi connectivity index (χ2v) is 10.6. The van der Waals surface area contributed by atoms with Crippen LogP contribution in [0.5, 0.6) is 0 Å². The summed E-state index contributed by atoms with van der Waals surface area (Å²) >= 11 is 0. The third-order valence-corrected chi connectivity index (χ3v) is 9.11. The summed E-state index contributed by atoms with van der Waals surface area (Å²) in [5.74, 6) is 2.67. The van der Waals surface area contributed by atoms with Gasteiger partial charge in [0, 0.05) is 12.8 Å². The lowest BCUT2D eigenvalue weighted by atomic mass is 9.45. The van der Waals surface area contributed by atoms with Crippen molar-refractivity contribution in [3.8, 4) is 0 Å². The molecule has 4 aliphatic rings. The average molecular weight is 371 g/mol. The minimum atomic E-state index is -4.40. The molecule has 0 radical (unpaired) electrons. The van der Waals surface area contributed by atoms with E-state index in [9.17, 15) is 13.2 Å². The zero-order valence-corrected chi connectivity index (χ0v) is 16.1. The summed E-state index contributed by atoms with van der Waals surface area (Å²) in [6.45, 7) is 4.57. The fourth-order valence-electron chi connectivity index (χ4n) is 7.30. The van der Waals surface area contributed by atoms with Crippen LogP contribution < -0.4 is 0 Å². The third kappa shape index (κ3) is 2.79. The number of carbonyl (C=O) groups is 1. The van der Waals surface area contributed by atoms with Crippen LogP contribution in [-0.4, -0.2) is 24.9 Å². The van der Waals surface area contributed by atoms with Crippen molar-refractivity contribution < 1.29 is 21.9 Å². The lowest BCUT2D eigenvalue weighted by Gasteiger charge is -2.60. The molecule has 4 aliphatic carbocycles. The van der Waals surface area contributed by atoms with Gasteiger partial charge >= 0.3 is 10.4 Å². The summed E-state index contributed by atoms with van der Waals surface area (Å²) < 4.78 is 36.7. The molecule has 0 aromatic rings. The van der Waals surface area contributed by atoms with Crippen LogP contribution in [0.15, 0.2) is 0 Å². The molecule has 0 bridgehead atoms. The minimum absolute atomic E-state index is 0.162. The summed E-state index contributed by atoms with van der Waals surface area (Å²) in [4.78, 5) is 11.9. The first-order chi connectivity index (χ1) is 11.6. The summed E-state index contributed by atoms with van der Waals surface area (Å²) in [6.07, 6.45) is 8.12. The molecule has 0 saturated heterocycles. The van der Waals surface area contributed by atoms with Crippen LogP contribution in [0.25, 0.3) is 0 Å². The van der Waals surface area contributed by atoms with Crippen molar-refractivity contribution in [3.05, 3.63) is 0 Å². The van der Waals surface area contributed by atoms with Crippen LogP contribution >= 0.6 is 0 Å². The molecule has 6 heteroatoms. The van der Waals surface area contributed by atoms with Gasteiger partial charge in [-0.3, -0.25) is 9.35 Å². The number of ketones is 1.